The molecule has 0 N–H and O–H groups in total. The normalized spacial score (nSPS) is 10.9. The van der Waals surface area contributed by atoms with E-state index < -0.39 is 17.9 Å². The van der Waals surface area contributed by atoms with Crippen LogP contribution in [0.2, 0.25) is 0 Å². The van der Waals surface area contributed by atoms with Crippen LogP contribution in [0.15, 0.2) is 84.9 Å². The van der Waals surface area contributed by atoms with Crippen LogP contribution in [0.3, 0.4) is 0 Å². The molecule has 0 spiro atoms. The first-order valence-electron chi connectivity index (χ1n) is 12.7. The van der Waals surface area contributed by atoms with Gasteiger partial charge in [0.15, 0.2) is 0 Å². The Morgan fingerprint density at radius 2 is 1.18 bits per heavy atom. The van der Waals surface area contributed by atoms with Gasteiger partial charge in [0.05, 0.1) is 24.3 Å². The van der Waals surface area contributed by atoms with E-state index >= 15 is 0 Å². The molecule has 0 saturated heterocycles. The smallest absolute Gasteiger partial charge is 0.343 e. The van der Waals surface area contributed by atoms with Crippen molar-refractivity contribution in [1.82, 2.24) is 0 Å². The highest BCUT2D eigenvalue weighted by molar-refractivity contribution is 5.92. The number of ether oxygens (including phenoxy) is 4. The average Bonchev–Trinajstić information content (AvgIpc) is 2.91. The third-order valence-electron chi connectivity index (χ3n) is 5.39. The van der Waals surface area contributed by atoms with Crippen LogP contribution in [0.5, 0.6) is 17.2 Å². The number of esters is 3. The number of carbonyl (C=O) groups excluding carboxylic acids is 3. The zero-order valence-corrected chi connectivity index (χ0v) is 22.8. The molecule has 0 aliphatic heterocycles. The predicted octanol–water partition coefficient (Wildman–Crippen LogP) is 6.60. The molecule has 3 rings (SSSR count). The molecule has 0 fully saturated rings. The second-order valence-electron chi connectivity index (χ2n) is 10.3. The van der Waals surface area contributed by atoms with Crippen molar-refractivity contribution in [1.29, 1.82) is 0 Å². The molecular formula is C32H34O7. The second-order valence-corrected chi connectivity index (χ2v) is 10.3. The van der Waals surface area contributed by atoms with E-state index in [1.807, 2.05) is 12.1 Å². The van der Waals surface area contributed by atoms with Gasteiger partial charge in [-0.15, -0.1) is 0 Å². The summed E-state index contributed by atoms with van der Waals surface area (Å²) in [6.07, 6.45) is 1.37. The summed E-state index contributed by atoms with van der Waals surface area (Å²) < 4.78 is 21.7. The molecule has 39 heavy (non-hydrogen) atoms. The summed E-state index contributed by atoms with van der Waals surface area (Å²) in [6.45, 7) is 12.3. The molecule has 0 saturated carbocycles. The molecule has 0 aliphatic carbocycles. The van der Waals surface area contributed by atoms with E-state index in [0.29, 0.717) is 60.0 Å². The van der Waals surface area contributed by atoms with Crippen LogP contribution in [0.1, 0.15) is 60.4 Å². The zero-order valence-electron chi connectivity index (χ0n) is 22.8. The molecule has 0 heterocycles. The van der Waals surface area contributed by atoms with Gasteiger partial charge in [-0.05, 0) is 91.4 Å². The van der Waals surface area contributed by atoms with Crippen LogP contribution in [0.25, 0.3) is 0 Å². The van der Waals surface area contributed by atoms with E-state index in [1.165, 1.54) is 0 Å². The summed E-state index contributed by atoms with van der Waals surface area (Å²) in [6, 6.07) is 20.1. The Morgan fingerprint density at radius 3 is 1.64 bits per heavy atom. The summed E-state index contributed by atoms with van der Waals surface area (Å²) in [5.74, 6) is -0.0724. The SMILES string of the molecule is C=C(C)C(=O)OCCCc1ccc(C(=O)Oc2ccc(OC(=O)c3ccc(OCC(C)(C)C)cc3)cc2)cc1. The molecule has 0 aliphatic rings. The van der Waals surface area contributed by atoms with Gasteiger partial charge in [-0.3, -0.25) is 0 Å². The number of rotatable bonds is 11. The number of carbonyl (C=O) groups is 3. The first kappa shape index (κ1) is 29.2. The van der Waals surface area contributed by atoms with Crippen LogP contribution < -0.4 is 14.2 Å². The van der Waals surface area contributed by atoms with E-state index in [9.17, 15) is 14.4 Å². The van der Waals surface area contributed by atoms with Gasteiger partial charge in [0.25, 0.3) is 0 Å². The molecular weight excluding hydrogens is 496 g/mol. The molecule has 0 bridgehead atoms. The molecule has 7 heteroatoms. The Labute approximate surface area is 229 Å². The average molecular weight is 531 g/mol. The van der Waals surface area contributed by atoms with Crippen molar-refractivity contribution < 1.29 is 33.3 Å². The van der Waals surface area contributed by atoms with Gasteiger partial charge in [0, 0.05) is 5.57 Å². The molecule has 7 nitrogen and oxygen atoms in total. The summed E-state index contributed by atoms with van der Waals surface area (Å²) in [5.41, 5.74) is 2.21. The highest BCUT2D eigenvalue weighted by Gasteiger charge is 2.13. The zero-order chi connectivity index (χ0) is 28.4. The van der Waals surface area contributed by atoms with Crippen molar-refractivity contribution in [3.63, 3.8) is 0 Å². The van der Waals surface area contributed by atoms with Crippen molar-refractivity contribution in [2.45, 2.75) is 40.5 Å². The first-order chi connectivity index (χ1) is 18.5. The number of benzene rings is 3. The second kappa shape index (κ2) is 13.4. The predicted molar refractivity (Wildman–Crippen MR) is 148 cm³/mol. The molecule has 204 valence electrons. The highest BCUT2D eigenvalue weighted by Crippen LogP contribution is 2.22. The van der Waals surface area contributed by atoms with Crippen molar-refractivity contribution in [2.75, 3.05) is 13.2 Å². The van der Waals surface area contributed by atoms with Crippen LogP contribution in [0, 0.1) is 5.41 Å². The monoisotopic (exact) mass is 530 g/mol. The van der Waals surface area contributed by atoms with E-state index in [4.69, 9.17) is 18.9 Å². The third kappa shape index (κ3) is 9.78. The molecule has 0 radical (unpaired) electrons. The molecule has 0 unspecified atom stereocenters. The number of hydrogen-bond donors (Lipinski definition) is 0. The summed E-state index contributed by atoms with van der Waals surface area (Å²) in [4.78, 5) is 36.4. The minimum atomic E-state index is -0.504. The van der Waals surface area contributed by atoms with Crippen molar-refractivity contribution >= 4 is 17.9 Å². The largest absolute Gasteiger partial charge is 0.493 e. The Morgan fingerprint density at radius 1 is 0.718 bits per heavy atom. The lowest BCUT2D eigenvalue weighted by atomic mass is 9.99. The fourth-order valence-electron chi connectivity index (χ4n) is 3.27. The Kier molecular flexibility index (Phi) is 10.0. The van der Waals surface area contributed by atoms with Crippen molar-refractivity contribution in [2.24, 2.45) is 5.41 Å². The maximum Gasteiger partial charge on any atom is 0.343 e. The fourth-order valence-corrected chi connectivity index (χ4v) is 3.27. The topological polar surface area (TPSA) is 88.1 Å². The summed E-state index contributed by atoms with van der Waals surface area (Å²) in [5, 5.41) is 0. The Balaban J connectivity index is 1.46. The number of aryl methyl sites for hydroxylation is 1. The standard InChI is InChI=1S/C32H34O7/c1-22(2)29(33)36-20-6-7-23-8-10-24(11-9-23)30(34)38-27-16-18-28(19-17-27)39-31(35)25-12-14-26(15-13-25)37-21-32(3,4)5/h8-19H,1,6-7,20-21H2,2-5H3. The van der Waals surface area contributed by atoms with E-state index in [-0.39, 0.29) is 5.41 Å². The van der Waals surface area contributed by atoms with Crippen LogP contribution in [-0.4, -0.2) is 31.1 Å². The molecule has 0 atom stereocenters. The van der Waals surface area contributed by atoms with Crippen molar-refractivity contribution in [3.8, 4) is 17.2 Å². The van der Waals surface area contributed by atoms with Crippen LogP contribution >= 0.6 is 0 Å². The highest BCUT2D eigenvalue weighted by atomic mass is 16.5. The minimum Gasteiger partial charge on any atom is -0.493 e. The van der Waals surface area contributed by atoms with Gasteiger partial charge in [0.1, 0.15) is 17.2 Å². The lowest BCUT2D eigenvalue weighted by Crippen LogP contribution is -2.17. The third-order valence-corrected chi connectivity index (χ3v) is 5.39. The quantitative estimate of drug-likeness (QED) is 0.119. The maximum absolute atomic E-state index is 12.5. The van der Waals surface area contributed by atoms with Crippen LogP contribution in [-0.2, 0) is 16.0 Å². The molecule has 0 aromatic heterocycles. The summed E-state index contributed by atoms with van der Waals surface area (Å²) >= 11 is 0. The first-order valence-corrected chi connectivity index (χ1v) is 12.7. The van der Waals surface area contributed by atoms with E-state index in [2.05, 4.69) is 27.4 Å². The van der Waals surface area contributed by atoms with Gasteiger partial charge in [-0.1, -0.05) is 39.5 Å². The molecule has 3 aromatic rings. The van der Waals surface area contributed by atoms with Crippen LogP contribution in [0.4, 0.5) is 0 Å². The van der Waals surface area contributed by atoms with Gasteiger partial charge >= 0.3 is 17.9 Å². The summed E-state index contributed by atoms with van der Waals surface area (Å²) in [7, 11) is 0. The lowest BCUT2D eigenvalue weighted by molar-refractivity contribution is -0.139. The van der Waals surface area contributed by atoms with E-state index in [1.54, 1.807) is 67.6 Å². The fraction of sp³-hybridized carbons (Fsp3) is 0.281. The van der Waals surface area contributed by atoms with E-state index in [0.717, 1.165) is 5.56 Å². The van der Waals surface area contributed by atoms with Gasteiger partial charge in [-0.2, -0.15) is 0 Å². The van der Waals surface area contributed by atoms with Gasteiger partial charge in [-0.25, -0.2) is 14.4 Å². The maximum atomic E-state index is 12.5. The van der Waals surface area contributed by atoms with Gasteiger partial charge < -0.3 is 18.9 Å². The van der Waals surface area contributed by atoms with Gasteiger partial charge in [0.2, 0.25) is 0 Å². The number of hydrogen-bond acceptors (Lipinski definition) is 7. The Hall–Kier alpha value is -4.39. The van der Waals surface area contributed by atoms with Crippen molar-refractivity contribution in [3.05, 3.63) is 102 Å². The lowest BCUT2D eigenvalue weighted by Gasteiger charge is -2.18. The Bertz CT molecular complexity index is 1280. The molecule has 3 aromatic carbocycles. The minimum absolute atomic E-state index is 0.0354. The molecule has 0 amide bonds.